The Hall–Kier alpha value is -1.52. The number of hydrogen-bond acceptors (Lipinski definition) is 5. The highest BCUT2D eigenvalue weighted by molar-refractivity contribution is 5.93. The van der Waals surface area contributed by atoms with Crippen molar-refractivity contribution in [3.8, 4) is 0 Å². The van der Waals surface area contributed by atoms with Crippen molar-refractivity contribution in [1.29, 1.82) is 0 Å². The molecule has 0 aromatic heterocycles. The monoisotopic (exact) mass is 432 g/mol. The fourth-order valence-electron chi connectivity index (χ4n) is 7.62. The van der Waals surface area contributed by atoms with E-state index in [1.807, 2.05) is 13.8 Å². The molecule has 0 heterocycles. The van der Waals surface area contributed by atoms with Crippen LogP contribution in [-0.4, -0.2) is 30.4 Å². The maximum Gasteiger partial charge on any atom is 0.305 e. The topological polar surface area (TPSA) is 77.5 Å². The van der Waals surface area contributed by atoms with Gasteiger partial charge in [-0.2, -0.15) is 0 Å². The van der Waals surface area contributed by atoms with Gasteiger partial charge in [0.15, 0.2) is 0 Å². The molecule has 0 spiro atoms. The van der Waals surface area contributed by atoms with E-state index in [9.17, 15) is 19.2 Å². The number of methoxy groups -OCH3 is 1. The first-order valence-electron chi connectivity index (χ1n) is 12.4. The Labute approximate surface area is 187 Å². The van der Waals surface area contributed by atoms with Crippen molar-refractivity contribution in [1.82, 2.24) is 0 Å². The predicted octanol–water partition coefficient (Wildman–Crippen LogP) is 4.94. The molecule has 0 N–H and O–H groups in total. The molecule has 5 nitrogen and oxygen atoms in total. The lowest BCUT2D eigenvalue weighted by Crippen LogP contribution is -2.59. The normalized spacial score (nSPS) is 41.5. The summed E-state index contributed by atoms with van der Waals surface area (Å²) >= 11 is 0. The lowest BCUT2D eigenvalue weighted by Gasteiger charge is -2.58. The number of carbonyl (C=O) groups excluding carboxylic acids is 4. The lowest BCUT2D eigenvalue weighted by atomic mass is 9.44. The number of ketones is 3. The second-order valence-electron chi connectivity index (χ2n) is 10.5. The molecule has 0 aromatic carbocycles. The van der Waals surface area contributed by atoms with Crippen LogP contribution in [0.5, 0.6) is 0 Å². The SMILES string of the molecule is CC.COC(=O)CCC[C@H]1CCC2C3C(=O)CC4CC(=O)CC[C@]4(C)C3CC(=O)[C@@]21C. The Morgan fingerprint density at radius 1 is 1.03 bits per heavy atom. The standard InChI is InChI=1S/C24H34O5.C2H6/c1-23-10-9-16(25)11-15(23)12-19(26)22-17-8-7-14(5-4-6-21(28)29-3)24(17,2)20(27)13-18(22)23;1-2/h14-15,17-18,22H,4-13H2,1-3H3;1-2H3/t14-,15?,17?,18?,22?,23-,24+;/m0./s1. The molecule has 0 radical (unpaired) electrons. The van der Waals surface area contributed by atoms with Crippen LogP contribution >= 0.6 is 0 Å². The minimum absolute atomic E-state index is 0.0299. The van der Waals surface area contributed by atoms with Crippen LogP contribution in [0.4, 0.5) is 0 Å². The summed E-state index contributed by atoms with van der Waals surface area (Å²) in [5.74, 6) is 1.25. The second-order valence-corrected chi connectivity index (χ2v) is 10.5. The molecule has 4 rings (SSSR count). The number of carbonyl (C=O) groups is 4. The highest BCUT2D eigenvalue weighted by Crippen LogP contribution is 2.65. The first-order valence-corrected chi connectivity index (χ1v) is 12.4. The summed E-state index contributed by atoms with van der Waals surface area (Å²) in [6.07, 6.45) is 6.78. The van der Waals surface area contributed by atoms with Gasteiger partial charge in [0.25, 0.3) is 0 Å². The maximum absolute atomic E-state index is 13.5. The first kappa shape index (κ1) is 24.1. The van der Waals surface area contributed by atoms with Gasteiger partial charge in [-0.05, 0) is 61.2 Å². The number of Topliss-reactive ketones (excluding diaryl/α,β-unsaturated/α-hetero) is 3. The summed E-state index contributed by atoms with van der Waals surface area (Å²) in [4.78, 5) is 50.3. The van der Waals surface area contributed by atoms with Gasteiger partial charge in [0.1, 0.15) is 17.3 Å². The number of rotatable bonds is 4. The third-order valence-corrected chi connectivity index (χ3v) is 9.49. The van der Waals surface area contributed by atoms with Crippen molar-refractivity contribution in [2.75, 3.05) is 7.11 Å². The Kier molecular flexibility index (Phi) is 7.12. The number of ether oxygens (including phenoxy) is 1. The van der Waals surface area contributed by atoms with Crippen molar-refractivity contribution in [3.05, 3.63) is 0 Å². The second kappa shape index (κ2) is 9.15. The average Bonchev–Trinajstić information content (AvgIpc) is 3.09. The molecular weight excluding hydrogens is 392 g/mol. The van der Waals surface area contributed by atoms with Gasteiger partial charge in [-0.1, -0.05) is 27.7 Å². The van der Waals surface area contributed by atoms with Crippen molar-refractivity contribution >= 4 is 23.3 Å². The minimum atomic E-state index is -0.444. The third kappa shape index (κ3) is 3.91. The summed E-state index contributed by atoms with van der Waals surface area (Å²) in [7, 11) is 1.40. The lowest BCUT2D eigenvalue weighted by molar-refractivity contribution is -0.165. The van der Waals surface area contributed by atoms with Crippen LogP contribution in [0.3, 0.4) is 0 Å². The number of esters is 1. The van der Waals surface area contributed by atoms with Crippen LogP contribution in [0.15, 0.2) is 0 Å². The van der Waals surface area contributed by atoms with Gasteiger partial charge in [-0.15, -0.1) is 0 Å². The van der Waals surface area contributed by atoms with Crippen molar-refractivity contribution in [2.45, 2.75) is 91.9 Å². The molecule has 4 saturated carbocycles. The zero-order valence-electron chi connectivity index (χ0n) is 20.0. The summed E-state index contributed by atoms with van der Waals surface area (Å²) in [6, 6.07) is 0. The van der Waals surface area contributed by atoms with Gasteiger partial charge in [0.2, 0.25) is 0 Å². The van der Waals surface area contributed by atoms with Gasteiger partial charge >= 0.3 is 5.97 Å². The fourth-order valence-corrected chi connectivity index (χ4v) is 7.62. The highest BCUT2D eigenvalue weighted by atomic mass is 16.5. The van der Waals surface area contributed by atoms with Crippen LogP contribution in [0.1, 0.15) is 91.9 Å². The van der Waals surface area contributed by atoms with Crippen LogP contribution < -0.4 is 0 Å². The number of hydrogen-bond donors (Lipinski definition) is 0. The Balaban J connectivity index is 0.00000132. The van der Waals surface area contributed by atoms with E-state index in [1.165, 1.54) is 7.11 Å². The molecule has 7 atom stereocenters. The van der Waals surface area contributed by atoms with Gasteiger partial charge in [0.05, 0.1) is 7.11 Å². The fraction of sp³-hybridized carbons (Fsp3) is 0.846. The molecule has 4 aliphatic carbocycles. The summed E-state index contributed by atoms with van der Waals surface area (Å²) in [6.45, 7) is 8.34. The zero-order valence-corrected chi connectivity index (χ0v) is 20.0. The molecule has 0 aromatic rings. The summed E-state index contributed by atoms with van der Waals surface area (Å²) < 4.78 is 4.75. The van der Waals surface area contributed by atoms with E-state index in [-0.39, 0.29) is 46.8 Å². The van der Waals surface area contributed by atoms with Gasteiger partial charge in [-0.3, -0.25) is 19.2 Å². The molecule has 0 bridgehead atoms. The van der Waals surface area contributed by atoms with E-state index in [2.05, 4.69) is 13.8 Å². The number of fused-ring (bicyclic) bond motifs is 5. The molecule has 31 heavy (non-hydrogen) atoms. The zero-order chi connectivity index (χ0) is 23.0. The molecule has 0 amide bonds. The largest absolute Gasteiger partial charge is 0.469 e. The Morgan fingerprint density at radius 2 is 1.74 bits per heavy atom. The van der Waals surface area contributed by atoms with Crippen molar-refractivity contribution < 1.29 is 23.9 Å². The van der Waals surface area contributed by atoms with Gasteiger partial charge < -0.3 is 4.74 Å². The van der Waals surface area contributed by atoms with Crippen molar-refractivity contribution in [3.63, 3.8) is 0 Å². The molecule has 0 aliphatic heterocycles. The van der Waals surface area contributed by atoms with E-state index >= 15 is 0 Å². The Morgan fingerprint density at radius 3 is 2.42 bits per heavy atom. The summed E-state index contributed by atoms with van der Waals surface area (Å²) in [5.41, 5.74) is -0.507. The molecule has 5 heteroatoms. The van der Waals surface area contributed by atoms with Gasteiger partial charge in [-0.25, -0.2) is 0 Å². The smallest absolute Gasteiger partial charge is 0.305 e. The van der Waals surface area contributed by atoms with E-state index in [4.69, 9.17) is 4.74 Å². The molecule has 4 aliphatic rings. The quantitative estimate of drug-likeness (QED) is 0.588. The Bertz CT molecular complexity index is 742. The van der Waals surface area contributed by atoms with E-state index in [1.54, 1.807) is 0 Å². The molecule has 4 unspecified atom stereocenters. The van der Waals surface area contributed by atoms with E-state index < -0.39 is 5.41 Å². The predicted molar refractivity (Wildman–Crippen MR) is 118 cm³/mol. The highest BCUT2D eigenvalue weighted by Gasteiger charge is 2.65. The molecular formula is C26H40O5. The van der Waals surface area contributed by atoms with E-state index in [0.29, 0.717) is 43.7 Å². The summed E-state index contributed by atoms with van der Waals surface area (Å²) in [5, 5.41) is 0. The van der Waals surface area contributed by atoms with Crippen LogP contribution in [0.25, 0.3) is 0 Å². The molecule has 0 saturated heterocycles. The maximum atomic E-state index is 13.5. The van der Waals surface area contributed by atoms with E-state index in [0.717, 1.165) is 32.1 Å². The molecule has 174 valence electrons. The third-order valence-electron chi connectivity index (χ3n) is 9.49. The first-order chi connectivity index (χ1) is 14.7. The molecule has 4 fully saturated rings. The minimum Gasteiger partial charge on any atom is -0.469 e. The van der Waals surface area contributed by atoms with Crippen LogP contribution in [0, 0.1) is 40.4 Å². The van der Waals surface area contributed by atoms with Gasteiger partial charge in [0, 0.05) is 43.4 Å². The van der Waals surface area contributed by atoms with Crippen molar-refractivity contribution in [2.24, 2.45) is 40.4 Å². The van der Waals surface area contributed by atoms with Crippen LogP contribution in [-0.2, 0) is 23.9 Å². The average molecular weight is 433 g/mol. The van der Waals surface area contributed by atoms with Crippen LogP contribution in [0.2, 0.25) is 0 Å².